The Balaban J connectivity index is 1.38. The lowest BCUT2D eigenvalue weighted by molar-refractivity contribution is -0.379. The van der Waals surface area contributed by atoms with Gasteiger partial charge in [-0.05, 0) is 70.6 Å². The van der Waals surface area contributed by atoms with Crippen molar-refractivity contribution in [1.29, 1.82) is 0 Å². The molecule has 0 bridgehead atoms. The van der Waals surface area contributed by atoms with Gasteiger partial charge in [-0.2, -0.15) is 0 Å². The third kappa shape index (κ3) is 41.3. The average Bonchev–Trinajstić information content (AvgIpc) is 0.577. The van der Waals surface area contributed by atoms with Crippen LogP contribution >= 0.6 is 0 Å². The fourth-order valence-electron chi connectivity index (χ4n) is 13.6. The van der Waals surface area contributed by atoms with E-state index in [9.17, 15) is 61.0 Å². The maximum atomic E-state index is 13.5. The summed E-state index contributed by atoms with van der Waals surface area (Å²) in [4.78, 5) is 13.5. The van der Waals surface area contributed by atoms with E-state index in [1.807, 2.05) is 6.08 Å². The van der Waals surface area contributed by atoms with Crippen molar-refractivity contribution >= 4 is 5.91 Å². The van der Waals surface area contributed by atoms with Gasteiger partial charge in [0.1, 0.15) is 73.2 Å². The number of aliphatic hydroxyl groups is 11. The monoisotopic (exact) mass is 1410 g/mol. The number of nitrogens with one attached hydrogen (secondary N) is 1. The van der Waals surface area contributed by atoms with Crippen molar-refractivity contribution in [3.05, 3.63) is 48.6 Å². The van der Waals surface area contributed by atoms with Crippen molar-refractivity contribution in [2.75, 3.05) is 26.4 Å². The number of amides is 1. The predicted molar refractivity (Wildman–Crippen MR) is 392 cm³/mol. The fraction of sp³-hybridized carbons (Fsp3) is 0.887. The van der Waals surface area contributed by atoms with Crippen LogP contribution in [-0.4, -0.2) is 193 Å². The largest absolute Gasteiger partial charge is 0.394 e. The topological polar surface area (TPSA) is 307 Å². The molecule has 19 nitrogen and oxygen atoms in total. The molecular weight excluding hydrogens is 1260 g/mol. The van der Waals surface area contributed by atoms with Crippen molar-refractivity contribution in [2.24, 2.45) is 0 Å². The second-order valence-corrected chi connectivity index (χ2v) is 28.9. The van der Waals surface area contributed by atoms with Crippen LogP contribution < -0.4 is 5.32 Å². The molecule has 580 valence electrons. The Morgan fingerprint density at radius 2 is 0.646 bits per heavy atom. The summed E-state index contributed by atoms with van der Waals surface area (Å²) < 4.78 is 34.4. The molecule has 0 radical (unpaired) electrons. The SMILES string of the molecule is CCCCCCCCCC/C=C\CCCCCCCCCCCCCCCCCCCCCC(=O)NC(COC1OC(CO)C(OC2OC(CO)C(OC3OC(CO)C(O)C(O)C3O)C(O)C2O)C(O)C1O)C(O)/C=C/CC/C=C/CC/C=C/CCCCCCCCCCCCCCC. The normalized spacial score (nSPS) is 26.8. The maximum absolute atomic E-state index is 13.5. The van der Waals surface area contributed by atoms with Crippen molar-refractivity contribution in [2.45, 2.75) is 426 Å². The van der Waals surface area contributed by atoms with Crippen LogP contribution in [0.4, 0.5) is 0 Å². The lowest BCUT2D eigenvalue weighted by atomic mass is 9.96. The standard InChI is InChI=1S/C80H147NO18/c1-3-5-7-9-11-13-15-17-19-21-23-25-27-28-29-30-31-32-33-34-36-38-40-42-44-46-48-50-52-54-56-58-68(86)81-63(64(85)57-55-53-51-49-47-45-43-41-39-37-35-26-24-22-20-18-16-14-12-10-8-6-4-2)62-94-78-74(92)71(89)76(66(60-83)96-78)99-80-75(93)72(90)77(67(61-84)97-80)98-79-73(91)70(88)69(87)65(59-82)95-79/h21,23,39,41,47,49,55,57,63-67,69-80,82-85,87-93H,3-20,22,24-38,40,42-46,48,50-54,56,58-62H2,1-2H3,(H,81,86)/b23-21-,41-39+,49-47+,57-55+. The molecule has 3 fully saturated rings. The molecule has 0 aliphatic carbocycles. The zero-order valence-electron chi connectivity index (χ0n) is 62.0. The summed E-state index contributed by atoms with van der Waals surface area (Å²) in [7, 11) is 0. The fourth-order valence-corrected chi connectivity index (χ4v) is 13.6. The van der Waals surface area contributed by atoms with Gasteiger partial charge in [0.05, 0.1) is 38.6 Å². The highest BCUT2D eigenvalue weighted by Crippen LogP contribution is 2.33. The number of hydrogen-bond donors (Lipinski definition) is 12. The van der Waals surface area contributed by atoms with E-state index >= 15 is 0 Å². The smallest absolute Gasteiger partial charge is 0.220 e. The summed E-state index contributed by atoms with van der Waals surface area (Å²) in [5, 5.41) is 121. The molecule has 0 aromatic carbocycles. The zero-order valence-corrected chi connectivity index (χ0v) is 62.0. The van der Waals surface area contributed by atoms with E-state index in [4.69, 9.17) is 28.4 Å². The Morgan fingerprint density at radius 1 is 0.354 bits per heavy atom. The molecule has 3 rings (SSSR count). The number of carbonyl (C=O) groups excluding carboxylic acids is 1. The van der Waals surface area contributed by atoms with E-state index in [1.165, 1.54) is 244 Å². The van der Waals surface area contributed by atoms with Crippen LogP contribution in [0.1, 0.15) is 322 Å². The molecule has 3 aliphatic rings. The van der Waals surface area contributed by atoms with E-state index < -0.39 is 124 Å². The van der Waals surface area contributed by atoms with Gasteiger partial charge in [-0.15, -0.1) is 0 Å². The first kappa shape index (κ1) is 91.0. The van der Waals surface area contributed by atoms with Gasteiger partial charge in [0.25, 0.3) is 0 Å². The second-order valence-electron chi connectivity index (χ2n) is 28.9. The van der Waals surface area contributed by atoms with Gasteiger partial charge < -0.3 is 89.9 Å². The third-order valence-corrected chi connectivity index (χ3v) is 20.1. The Hall–Kier alpha value is -2.25. The summed E-state index contributed by atoms with van der Waals surface area (Å²) in [6.45, 7) is 1.75. The number of carbonyl (C=O) groups is 1. The van der Waals surface area contributed by atoms with Crippen molar-refractivity contribution in [3.63, 3.8) is 0 Å². The molecule has 19 heteroatoms. The lowest BCUT2D eigenvalue weighted by Gasteiger charge is -2.48. The third-order valence-electron chi connectivity index (χ3n) is 20.1. The van der Waals surface area contributed by atoms with Gasteiger partial charge in [-0.1, -0.05) is 294 Å². The molecule has 0 aromatic heterocycles. The van der Waals surface area contributed by atoms with Crippen LogP contribution in [0, 0.1) is 0 Å². The molecule has 17 atom stereocenters. The quantitative estimate of drug-likeness (QED) is 0.0199. The van der Waals surface area contributed by atoms with E-state index in [2.05, 4.69) is 55.6 Å². The highest BCUT2D eigenvalue weighted by atomic mass is 16.8. The summed E-state index contributed by atoms with van der Waals surface area (Å²) in [5.74, 6) is -0.284. The summed E-state index contributed by atoms with van der Waals surface area (Å²) in [6, 6.07) is -0.997. The van der Waals surface area contributed by atoms with Gasteiger partial charge in [0, 0.05) is 6.42 Å². The molecule has 3 heterocycles. The van der Waals surface area contributed by atoms with Crippen LogP contribution in [0.25, 0.3) is 0 Å². The van der Waals surface area contributed by atoms with Crippen LogP contribution in [0.5, 0.6) is 0 Å². The van der Waals surface area contributed by atoms with E-state index in [1.54, 1.807) is 6.08 Å². The molecule has 3 saturated heterocycles. The number of ether oxygens (including phenoxy) is 6. The lowest BCUT2D eigenvalue weighted by Crippen LogP contribution is -2.66. The van der Waals surface area contributed by atoms with Crippen molar-refractivity contribution in [3.8, 4) is 0 Å². The van der Waals surface area contributed by atoms with E-state index in [-0.39, 0.29) is 18.9 Å². The summed E-state index contributed by atoms with van der Waals surface area (Å²) in [5.41, 5.74) is 0. The summed E-state index contributed by atoms with van der Waals surface area (Å²) >= 11 is 0. The van der Waals surface area contributed by atoms with Crippen LogP contribution in [0.15, 0.2) is 48.6 Å². The molecular formula is C80H147NO18. The van der Waals surface area contributed by atoms with Crippen LogP contribution in [-0.2, 0) is 33.2 Å². The van der Waals surface area contributed by atoms with Crippen LogP contribution in [0.3, 0.4) is 0 Å². The maximum Gasteiger partial charge on any atom is 0.220 e. The van der Waals surface area contributed by atoms with E-state index in [0.29, 0.717) is 12.8 Å². The van der Waals surface area contributed by atoms with Gasteiger partial charge in [0.2, 0.25) is 5.91 Å². The predicted octanol–water partition coefficient (Wildman–Crippen LogP) is 13.3. The highest BCUT2D eigenvalue weighted by molar-refractivity contribution is 5.76. The minimum Gasteiger partial charge on any atom is -0.394 e. The van der Waals surface area contributed by atoms with Gasteiger partial charge in [-0.25, -0.2) is 0 Å². The Labute approximate surface area is 599 Å². The molecule has 0 saturated carbocycles. The van der Waals surface area contributed by atoms with Gasteiger partial charge >= 0.3 is 0 Å². The number of unbranched alkanes of at least 4 members (excludes halogenated alkanes) is 42. The first-order chi connectivity index (χ1) is 48.3. The molecule has 17 unspecified atom stereocenters. The van der Waals surface area contributed by atoms with Gasteiger partial charge in [-0.3, -0.25) is 4.79 Å². The summed E-state index contributed by atoms with van der Waals surface area (Å²) in [6.07, 6.45) is 49.6. The van der Waals surface area contributed by atoms with Crippen molar-refractivity contribution in [1.82, 2.24) is 5.32 Å². The number of rotatable bonds is 64. The minimum atomic E-state index is -1.98. The molecule has 0 aromatic rings. The van der Waals surface area contributed by atoms with Crippen LogP contribution in [0.2, 0.25) is 0 Å². The Kier molecular flexibility index (Phi) is 56.0. The zero-order chi connectivity index (χ0) is 71.8. The molecule has 12 N–H and O–H groups in total. The molecule has 0 spiro atoms. The first-order valence-electron chi connectivity index (χ1n) is 40.4. The Morgan fingerprint density at radius 3 is 1.01 bits per heavy atom. The second kappa shape index (κ2) is 61.0. The Bertz CT molecular complexity index is 1980. The molecule has 99 heavy (non-hydrogen) atoms. The average molecular weight is 1410 g/mol. The first-order valence-corrected chi connectivity index (χ1v) is 40.4. The van der Waals surface area contributed by atoms with E-state index in [0.717, 1.165) is 44.9 Å². The minimum absolute atomic E-state index is 0.234. The molecule has 1 amide bonds. The van der Waals surface area contributed by atoms with Gasteiger partial charge in [0.15, 0.2) is 18.9 Å². The number of aliphatic hydroxyl groups excluding tert-OH is 11. The number of allylic oxidation sites excluding steroid dienone is 7. The van der Waals surface area contributed by atoms with Crippen molar-refractivity contribution < 1.29 is 89.4 Å². The molecule has 3 aliphatic heterocycles. The number of hydrogen-bond acceptors (Lipinski definition) is 18. The highest BCUT2D eigenvalue weighted by Gasteiger charge is 2.54.